The normalized spacial score (nSPS) is 9.36. The largest absolute Gasteiger partial charge is 0.496 e. The van der Waals surface area contributed by atoms with Crippen LogP contribution in [0.1, 0.15) is 11.1 Å². The van der Waals surface area contributed by atoms with Crippen LogP contribution in [-0.4, -0.2) is 13.2 Å². The topological polar surface area (TPSA) is 38.7 Å². The van der Waals surface area contributed by atoms with E-state index in [1.807, 2.05) is 0 Å². The Balaban J connectivity index is 3.16. The summed E-state index contributed by atoms with van der Waals surface area (Å²) in [6, 6.07) is 2.87. The molecule has 0 spiro atoms. The van der Waals surface area contributed by atoms with Crippen LogP contribution in [0, 0.1) is 12.7 Å². The van der Waals surface area contributed by atoms with Crippen LogP contribution in [0.25, 0.3) is 0 Å². The number of rotatable bonds is 3. The molecule has 0 fully saturated rings. The van der Waals surface area contributed by atoms with Gasteiger partial charge in [-0.25, -0.2) is 14.2 Å². The van der Waals surface area contributed by atoms with Gasteiger partial charge in [0, 0.05) is 11.1 Å². The second kappa shape index (κ2) is 4.53. The van der Waals surface area contributed by atoms with E-state index in [0.717, 1.165) is 0 Å². The number of hydrogen-bond acceptors (Lipinski definition) is 3. The number of hydrogen-bond donors (Lipinski definition) is 0. The summed E-state index contributed by atoms with van der Waals surface area (Å²) in [5.41, 5.74) is 1.10. The van der Waals surface area contributed by atoms with Crippen LogP contribution in [0.2, 0.25) is 0 Å². The van der Waals surface area contributed by atoms with Crippen LogP contribution in [0.4, 0.5) is 4.39 Å². The third-order valence-corrected chi connectivity index (χ3v) is 1.94. The maximum absolute atomic E-state index is 13.1. The van der Waals surface area contributed by atoms with Crippen LogP contribution in [0.5, 0.6) is 5.75 Å². The average molecular weight is 195 g/mol. The van der Waals surface area contributed by atoms with Crippen molar-refractivity contribution in [3.63, 3.8) is 0 Å². The van der Waals surface area contributed by atoms with Crippen molar-refractivity contribution in [3.05, 3.63) is 29.1 Å². The quantitative estimate of drug-likeness (QED) is 0.546. The van der Waals surface area contributed by atoms with Crippen molar-refractivity contribution in [3.8, 4) is 5.75 Å². The lowest BCUT2D eigenvalue weighted by atomic mass is 10.1. The Morgan fingerprint density at radius 1 is 1.57 bits per heavy atom. The number of nitrogens with zero attached hydrogens (tertiary/aromatic N) is 1. The minimum atomic E-state index is -0.333. The van der Waals surface area contributed by atoms with E-state index in [-0.39, 0.29) is 12.4 Å². The zero-order chi connectivity index (χ0) is 10.6. The first-order chi connectivity index (χ1) is 6.70. The Morgan fingerprint density at radius 3 is 2.86 bits per heavy atom. The van der Waals surface area contributed by atoms with Gasteiger partial charge in [0.05, 0.1) is 13.7 Å². The summed E-state index contributed by atoms with van der Waals surface area (Å²) in [7, 11) is 1.45. The van der Waals surface area contributed by atoms with Crippen molar-refractivity contribution in [1.82, 2.24) is 0 Å². The molecule has 0 aliphatic heterocycles. The van der Waals surface area contributed by atoms with Crippen molar-refractivity contribution < 1.29 is 13.9 Å². The molecule has 0 bridgehead atoms. The van der Waals surface area contributed by atoms with E-state index in [4.69, 9.17) is 4.74 Å². The van der Waals surface area contributed by atoms with Crippen molar-refractivity contribution in [1.29, 1.82) is 0 Å². The van der Waals surface area contributed by atoms with E-state index < -0.39 is 0 Å². The maximum Gasteiger partial charge on any atom is 0.235 e. The summed E-state index contributed by atoms with van der Waals surface area (Å²) in [6.45, 7) is 1.77. The summed E-state index contributed by atoms with van der Waals surface area (Å²) in [5, 5.41) is 0. The predicted molar refractivity (Wildman–Crippen MR) is 49.5 cm³/mol. The smallest absolute Gasteiger partial charge is 0.235 e. The fourth-order valence-electron chi connectivity index (χ4n) is 1.25. The summed E-state index contributed by atoms with van der Waals surface area (Å²) in [4.78, 5) is 13.3. The number of aliphatic imine (C=N–C) groups is 1. The van der Waals surface area contributed by atoms with Crippen LogP contribution < -0.4 is 4.74 Å². The third kappa shape index (κ3) is 1.98. The molecule has 3 nitrogen and oxygen atoms in total. The van der Waals surface area contributed by atoms with Gasteiger partial charge in [-0.2, -0.15) is 0 Å². The molecule has 74 valence electrons. The standard InChI is InChI=1S/C10H10FNO2/c1-7-9(11)4-3-8(5-12-6-13)10(7)14-2/h3-4H,5H2,1-2H3. The lowest BCUT2D eigenvalue weighted by Crippen LogP contribution is -1.96. The van der Waals surface area contributed by atoms with Crippen molar-refractivity contribution in [2.75, 3.05) is 7.11 Å². The Hall–Kier alpha value is -1.67. The van der Waals surface area contributed by atoms with Gasteiger partial charge in [-0.15, -0.1) is 0 Å². The van der Waals surface area contributed by atoms with E-state index in [2.05, 4.69) is 4.99 Å². The van der Waals surface area contributed by atoms with E-state index in [9.17, 15) is 9.18 Å². The minimum absolute atomic E-state index is 0.161. The summed E-state index contributed by atoms with van der Waals surface area (Å²) in [6.07, 6.45) is 1.43. The molecule has 0 unspecified atom stereocenters. The van der Waals surface area contributed by atoms with Crippen molar-refractivity contribution in [2.45, 2.75) is 13.5 Å². The lowest BCUT2D eigenvalue weighted by molar-refractivity contribution is 0.402. The second-order valence-corrected chi connectivity index (χ2v) is 2.77. The molecule has 0 N–H and O–H groups in total. The number of halogens is 1. The van der Waals surface area contributed by atoms with E-state index in [1.54, 1.807) is 13.0 Å². The predicted octanol–water partition coefficient (Wildman–Crippen LogP) is 1.98. The minimum Gasteiger partial charge on any atom is -0.496 e. The van der Waals surface area contributed by atoms with Gasteiger partial charge in [0.2, 0.25) is 6.08 Å². The molecular weight excluding hydrogens is 185 g/mol. The van der Waals surface area contributed by atoms with Crippen LogP contribution in [0.3, 0.4) is 0 Å². The molecule has 14 heavy (non-hydrogen) atoms. The molecule has 0 saturated heterocycles. The van der Waals surface area contributed by atoms with Crippen LogP contribution >= 0.6 is 0 Å². The molecule has 0 heterocycles. The van der Waals surface area contributed by atoms with Gasteiger partial charge in [0.15, 0.2) is 0 Å². The van der Waals surface area contributed by atoms with Gasteiger partial charge in [-0.3, -0.25) is 0 Å². The molecule has 4 heteroatoms. The van der Waals surface area contributed by atoms with E-state index in [0.29, 0.717) is 16.9 Å². The molecule has 1 aromatic rings. The Labute approximate surface area is 81.2 Å². The first kappa shape index (κ1) is 10.4. The van der Waals surface area contributed by atoms with E-state index >= 15 is 0 Å². The first-order valence-electron chi connectivity index (χ1n) is 4.06. The fourth-order valence-corrected chi connectivity index (χ4v) is 1.25. The van der Waals surface area contributed by atoms with E-state index in [1.165, 1.54) is 19.3 Å². The average Bonchev–Trinajstić information content (AvgIpc) is 2.20. The molecule has 0 aromatic heterocycles. The number of methoxy groups -OCH3 is 1. The van der Waals surface area contributed by atoms with Gasteiger partial charge in [-0.1, -0.05) is 6.07 Å². The van der Waals surface area contributed by atoms with Crippen LogP contribution in [0.15, 0.2) is 17.1 Å². The van der Waals surface area contributed by atoms with Gasteiger partial charge in [-0.05, 0) is 13.0 Å². The monoisotopic (exact) mass is 195 g/mol. The Bertz CT molecular complexity index is 384. The Morgan fingerprint density at radius 2 is 2.29 bits per heavy atom. The molecule has 0 radical (unpaired) electrons. The number of ether oxygens (including phenoxy) is 1. The molecule has 0 amide bonds. The zero-order valence-electron chi connectivity index (χ0n) is 8.00. The molecule has 0 saturated carbocycles. The highest BCUT2D eigenvalue weighted by molar-refractivity contribution is 5.43. The first-order valence-corrected chi connectivity index (χ1v) is 4.06. The van der Waals surface area contributed by atoms with Crippen molar-refractivity contribution in [2.24, 2.45) is 4.99 Å². The highest BCUT2D eigenvalue weighted by atomic mass is 19.1. The molecule has 1 rings (SSSR count). The zero-order valence-corrected chi connectivity index (χ0v) is 8.00. The lowest BCUT2D eigenvalue weighted by Gasteiger charge is -2.09. The van der Waals surface area contributed by atoms with Crippen molar-refractivity contribution >= 4 is 6.08 Å². The second-order valence-electron chi connectivity index (χ2n) is 2.77. The molecule has 1 aromatic carbocycles. The summed E-state index contributed by atoms with van der Waals surface area (Å²) >= 11 is 0. The maximum atomic E-state index is 13.1. The number of benzene rings is 1. The molecular formula is C10H10FNO2. The Kier molecular flexibility index (Phi) is 3.37. The summed E-state index contributed by atoms with van der Waals surface area (Å²) < 4.78 is 18.1. The number of isocyanates is 1. The fraction of sp³-hybridized carbons (Fsp3) is 0.300. The molecule has 0 aliphatic carbocycles. The van der Waals surface area contributed by atoms with Gasteiger partial charge in [0.25, 0.3) is 0 Å². The number of carbonyl (C=O) groups excluding carboxylic acids is 1. The van der Waals surface area contributed by atoms with Gasteiger partial charge in [0.1, 0.15) is 11.6 Å². The van der Waals surface area contributed by atoms with Gasteiger partial charge < -0.3 is 4.74 Å². The highest BCUT2D eigenvalue weighted by Gasteiger charge is 2.09. The highest BCUT2D eigenvalue weighted by Crippen LogP contribution is 2.25. The SMILES string of the molecule is COc1c(CN=C=O)ccc(F)c1C. The van der Waals surface area contributed by atoms with Gasteiger partial charge >= 0.3 is 0 Å². The molecule has 0 aliphatic rings. The molecule has 0 atom stereocenters. The third-order valence-electron chi connectivity index (χ3n) is 1.94. The summed E-state index contributed by atoms with van der Waals surface area (Å²) in [5.74, 6) is 0.102. The van der Waals surface area contributed by atoms with Crippen LogP contribution in [-0.2, 0) is 11.3 Å².